The van der Waals surface area contributed by atoms with E-state index >= 15 is 0 Å². The van der Waals surface area contributed by atoms with Crippen molar-refractivity contribution in [1.82, 2.24) is 0 Å². The number of benzene rings is 1. The molecule has 1 aromatic rings. The zero-order valence-corrected chi connectivity index (χ0v) is 6.39. The summed E-state index contributed by atoms with van der Waals surface area (Å²) in [5.41, 5.74) is 2.76. The van der Waals surface area contributed by atoms with Crippen LogP contribution in [0.5, 0.6) is 0 Å². The molecule has 0 radical (unpaired) electrons. The summed E-state index contributed by atoms with van der Waals surface area (Å²) in [6.07, 6.45) is 10.5. The minimum atomic E-state index is 0.875. The summed E-state index contributed by atoms with van der Waals surface area (Å²) in [4.78, 5) is 0. The van der Waals surface area contributed by atoms with Crippen molar-refractivity contribution in [2.45, 2.75) is 6.92 Å². The Hall–Kier alpha value is -1.66. The fourth-order valence-corrected chi connectivity index (χ4v) is 0.948. The van der Waals surface area contributed by atoms with Crippen LogP contribution in [0.25, 0.3) is 0 Å². The molecule has 0 atom stereocenters. The highest BCUT2D eigenvalue weighted by molar-refractivity contribution is 5.49. The summed E-state index contributed by atoms with van der Waals surface area (Å²) in [5, 5.41) is 0. The molecule has 0 fully saturated rings. The van der Waals surface area contributed by atoms with Crippen molar-refractivity contribution >= 4 is 0 Å². The van der Waals surface area contributed by atoms with Crippen LogP contribution in [0.4, 0.5) is 0 Å². The van der Waals surface area contributed by atoms with Crippen LogP contribution in [0.3, 0.4) is 0 Å². The number of hydrogen-bond acceptors (Lipinski definition) is 0. The summed E-state index contributed by atoms with van der Waals surface area (Å²) in [7, 11) is 0. The number of hydrogen-bond donors (Lipinski definition) is 0. The lowest BCUT2D eigenvalue weighted by Crippen LogP contribution is -1.85. The summed E-state index contributed by atoms with van der Waals surface area (Å²) in [6, 6.07) is 5.64. The minimum Gasteiger partial charge on any atom is -0.115 e. The molecule has 0 aliphatic heterocycles. The summed E-state index contributed by atoms with van der Waals surface area (Å²) >= 11 is 0. The fourth-order valence-electron chi connectivity index (χ4n) is 0.948. The molecule has 0 saturated heterocycles. The lowest BCUT2D eigenvalue weighted by molar-refractivity contribution is 1.41. The predicted molar refractivity (Wildman–Crippen MR) is 47.0 cm³/mol. The van der Waals surface area contributed by atoms with E-state index < -0.39 is 0 Å². The van der Waals surface area contributed by atoms with Crippen molar-refractivity contribution in [1.29, 1.82) is 0 Å². The highest BCUT2D eigenvalue weighted by atomic mass is 14.0. The first-order valence-corrected chi connectivity index (χ1v) is 3.32. The van der Waals surface area contributed by atoms with Gasteiger partial charge >= 0.3 is 0 Å². The Morgan fingerprint density at radius 2 is 1.55 bits per heavy atom. The molecule has 0 aromatic heterocycles. The van der Waals surface area contributed by atoms with Crippen LogP contribution in [0.2, 0.25) is 0 Å². The Morgan fingerprint density at radius 1 is 1.09 bits per heavy atom. The molecule has 1 rings (SSSR count). The number of terminal acetylenes is 2. The maximum atomic E-state index is 5.26. The third-order valence-electron chi connectivity index (χ3n) is 1.64. The smallest absolute Gasteiger partial charge is 0.0284 e. The summed E-state index contributed by atoms with van der Waals surface area (Å²) < 4.78 is 0. The molecule has 0 aliphatic rings. The lowest BCUT2D eigenvalue weighted by atomic mass is 10.0. The first-order valence-electron chi connectivity index (χ1n) is 3.32. The van der Waals surface area contributed by atoms with Crippen LogP contribution >= 0.6 is 0 Å². The zero-order valence-electron chi connectivity index (χ0n) is 6.39. The Balaban J connectivity index is 3.38. The van der Waals surface area contributed by atoms with E-state index in [0.717, 1.165) is 16.7 Å². The molecule has 52 valence electrons. The van der Waals surface area contributed by atoms with Gasteiger partial charge in [0.25, 0.3) is 0 Å². The van der Waals surface area contributed by atoms with Crippen LogP contribution in [-0.4, -0.2) is 0 Å². The van der Waals surface area contributed by atoms with Gasteiger partial charge in [-0.3, -0.25) is 0 Å². The lowest BCUT2D eigenvalue weighted by Gasteiger charge is -1.99. The van der Waals surface area contributed by atoms with E-state index in [0.29, 0.717) is 0 Å². The Labute approximate surface area is 67.3 Å². The van der Waals surface area contributed by atoms with Gasteiger partial charge in [-0.05, 0) is 24.6 Å². The second kappa shape index (κ2) is 2.95. The van der Waals surface area contributed by atoms with Gasteiger partial charge in [-0.15, -0.1) is 12.8 Å². The van der Waals surface area contributed by atoms with Gasteiger partial charge in [0.1, 0.15) is 0 Å². The molecule has 0 unspecified atom stereocenters. The Kier molecular flexibility index (Phi) is 2.00. The first-order chi connectivity index (χ1) is 5.29. The van der Waals surface area contributed by atoms with Crippen molar-refractivity contribution in [2.24, 2.45) is 0 Å². The van der Waals surface area contributed by atoms with Gasteiger partial charge in [-0.2, -0.15) is 0 Å². The second-order valence-corrected chi connectivity index (χ2v) is 2.27. The molecule has 0 amide bonds. The number of rotatable bonds is 0. The zero-order chi connectivity index (χ0) is 8.27. The van der Waals surface area contributed by atoms with Gasteiger partial charge in [0.05, 0.1) is 0 Å². The average Bonchev–Trinajstić information content (AvgIpc) is 2.05. The van der Waals surface area contributed by atoms with Gasteiger partial charge in [0.2, 0.25) is 0 Å². The molecule has 0 nitrogen and oxygen atoms in total. The molecule has 0 N–H and O–H groups in total. The van der Waals surface area contributed by atoms with Crippen molar-refractivity contribution in [3.8, 4) is 24.7 Å². The normalized spacial score (nSPS) is 8.27. The van der Waals surface area contributed by atoms with Gasteiger partial charge in [-0.1, -0.05) is 17.9 Å². The summed E-state index contributed by atoms with van der Waals surface area (Å²) in [5.74, 6) is 5.15. The molecule has 0 heteroatoms. The monoisotopic (exact) mass is 140 g/mol. The SMILES string of the molecule is C#Cc1cccc(C#C)c1C. The van der Waals surface area contributed by atoms with Crippen LogP contribution in [-0.2, 0) is 0 Å². The third kappa shape index (κ3) is 1.26. The van der Waals surface area contributed by atoms with E-state index in [9.17, 15) is 0 Å². The van der Waals surface area contributed by atoms with Crippen LogP contribution in [0.15, 0.2) is 18.2 Å². The van der Waals surface area contributed by atoms with Crippen LogP contribution < -0.4 is 0 Å². The van der Waals surface area contributed by atoms with Gasteiger partial charge in [-0.25, -0.2) is 0 Å². The molecular weight excluding hydrogens is 132 g/mol. The molecule has 0 aliphatic carbocycles. The largest absolute Gasteiger partial charge is 0.115 e. The fraction of sp³-hybridized carbons (Fsp3) is 0.0909. The van der Waals surface area contributed by atoms with E-state index in [1.54, 1.807) is 0 Å². The van der Waals surface area contributed by atoms with Crippen LogP contribution in [0, 0.1) is 31.6 Å². The van der Waals surface area contributed by atoms with E-state index in [1.807, 2.05) is 25.1 Å². The quantitative estimate of drug-likeness (QED) is 0.483. The Morgan fingerprint density at radius 3 is 1.91 bits per heavy atom. The molecule has 0 saturated carbocycles. The van der Waals surface area contributed by atoms with Crippen molar-refractivity contribution < 1.29 is 0 Å². The second-order valence-electron chi connectivity index (χ2n) is 2.27. The first kappa shape index (κ1) is 7.45. The van der Waals surface area contributed by atoms with Crippen molar-refractivity contribution in [2.75, 3.05) is 0 Å². The van der Waals surface area contributed by atoms with Crippen molar-refractivity contribution in [3.63, 3.8) is 0 Å². The summed E-state index contributed by atoms with van der Waals surface area (Å²) in [6.45, 7) is 1.93. The van der Waals surface area contributed by atoms with E-state index in [4.69, 9.17) is 12.8 Å². The molecular formula is C11H8. The highest BCUT2D eigenvalue weighted by Crippen LogP contribution is 2.10. The predicted octanol–water partition coefficient (Wildman–Crippen LogP) is 1.96. The highest BCUT2D eigenvalue weighted by Gasteiger charge is 1.97. The van der Waals surface area contributed by atoms with Crippen molar-refractivity contribution in [3.05, 3.63) is 34.9 Å². The Bertz CT molecular complexity index is 313. The van der Waals surface area contributed by atoms with Gasteiger partial charge in [0.15, 0.2) is 0 Å². The average molecular weight is 140 g/mol. The standard InChI is InChI=1S/C11H8/c1-4-10-7-6-8-11(5-2)9(10)3/h1-2,6-8H,3H3. The molecule has 0 heterocycles. The molecule has 11 heavy (non-hydrogen) atoms. The molecule has 0 bridgehead atoms. The maximum Gasteiger partial charge on any atom is 0.0284 e. The molecule has 1 aromatic carbocycles. The van der Waals surface area contributed by atoms with Gasteiger partial charge in [0, 0.05) is 11.1 Å². The maximum absolute atomic E-state index is 5.26. The van der Waals surface area contributed by atoms with E-state index in [2.05, 4.69) is 11.8 Å². The van der Waals surface area contributed by atoms with Crippen LogP contribution in [0.1, 0.15) is 16.7 Å². The molecule has 0 spiro atoms. The minimum absolute atomic E-state index is 0.875. The van der Waals surface area contributed by atoms with E-state index in [1.165, 1.54) is 0 Å². The topological polar surface area (TPSA) is 0 Å². The third-order valence-corrected chi connectivity index (χ3v) is 1.64. The van der Waals surface area contributed by atoms with E-state index in [-0.39, 0.29) is 0 Å². The van der Waals surface area contributed by atoms with Gasteiger partial charge < -0.3 is 0 Å².